The van der Waals surface area contributed by atoms with Crippen molar-refractivity contribution in [1.82, 2.24) is 0 Å². The summed E-state index contributed by atoms with van der Waals surface area (Å²) < 4.78 is 8.11. The van der Waals surface area contributed by atoms with Crippen LogP contribution < -0.4 is 4.90 Å². The van der Waals surface area contributed by atoms with E-state index < -0.39 is 5.89 Å². The van der Waals surface area contributed by atoms with Crippen molar-refractivity contribution in [1.29, 1.82) is 0 Å². The van der Waals surface area contributed by atoms with Crippen LogP contribution in [0.1, 0.15) is 26.7 Å². The van der Waals surface area contributed by atoms with Crippen LogP contribution >= 0.6 is 0 Å². The van der Waals surface area contributed by atoms with Gasteiger partial charge in [0.05, 0.1) is 0 Å². The van der Waals surface area contributed by atoms with Crippen molar-refractivity contribution in [3.63, 3.8) is 0 Å². The van der Waals surface area contributed by atoms with Crippen LogP contribution in [0, 0.1) is 0 Å². The van der Waals surface area contributed by atoms with Crippen LogP contribution in [0.4, 0.5) is 11.4 Å². The van der Waals surface area contributed by atoms with Gasteiger partial charge in [-0.05, 0) is 46.8 Å². The van der Waals surface area contributed by atoms with Gasteiger partial charge in [-0.1, -0.05) is 68.4 Å². The molecule has 0 aromatic heterocycles. The number of rotatable bonds is 4. The van der Waals surface area contributed by atoms with Crippen LogP contribution in [-0.4, -0.2) is 7.05 Å². The first-order valence-corrected chi connectivity index (χ1v) is 7.95. The highest BCUT2D eigenvalue weighted by molar-refractivity contribution is 5.69. The average Bonchev–Trinajstić information content (AvgIpc) is 2.61. The largest absolute Gasteiger partial charge is 0.345 e. The van der Waals surface area contributed by atoms with E-state index in [4.69, 9.17) is 1.37 Å². The summed E-state index contributed by atoms with van der Waals surface area (Å²) in [5.74, 6) is -0.561. The number of nitrogens with zero attached hydrogens (tertiary/aromatic N) is 1. The first kappa shape index (κ1) is 14.1. The zero-order valence-corrected chi connectivity index (χ0v) is 14.0. The van der Waals surface area contributed by atoms with E-state index in [-0.39, 0.29) is 0 Å². The molecule has 23 heavy (non-hydrogen) atoms. The van der Waals surface area contributed by atoms with Crippen LogP contribution in [0.15, 0.2) is 78.9 Å². The van der Waals surface area contributed by atoms with Crippen molar-refractivity contribution in [2.75, 3.05) is 11.9 Å². The Morgan fingerprint density at radius 2 is 1.17 bits per heavy atom. The van der Waals surface area contributed by atoms with Gasteiger partial charge in [-0.25, -0.2) is 0 Å². The fraction of sp³-hybridized carbons (Fsp3) is 0.182. The molecule has 1 heteroatoms. The SMILES string of the molecule is [2H]C(C)(C)c1ccc(N(C)c2ccc(-c3ccccc3)cc2)cc1. The molecule has 0 atom stereocenters. The first-order chi connectivity index (χ1) is 11.4. The Balaban J connectivity index is 1.81. The van der Waals surface area contributed by atoms with Gasteiger partial charge in [0.15, 0.2) is 0 Å². The molecule has 0 N–H and O–H groups in total. The average molecular weight is 302 g/mol. The minimum atomic E-state index is -0.561. The van der Waals surface area contributed by atoms with Gasteiger partial charge in [-0.2, -0.15) is 0 Å². The van der Waals surface area contributed by atoms with Crippen LogP contribution in [0.5, 0.6) is 0 Å². The minimum absolute atomic E-state index is 0.561. The Morgan fingerprint density at radius 3 is 1.70 bits per heavy atom. The van der Waals surface area contributed by atoms with Crippen LogP contribution in [0.25, 0.3) is 11.1 Å². The molecule has 3 rings (SSSR count). The fourth-order valence-electron chi connectivity index (χ4n) is 2.68. The molecule has 0 radical (unpaired) electrons. The monoisotopic (exact) mass is 302 g/mol. The normalized spacial score (nSPS) is 11.9. The predicted molar refractivity (Wildman–Crippen MR) is 100 cm³/mol. The molecule has 116 valence electrons. The molecule has 0 heterocycles. The molecule has 3 aromatic rings. The smallest absolute Gasteiger partial charge is 0.0408 e. The highest BCUT2D eigenvalue weighted by Gasteiger charge is 2.06. The lowest BCUT2D eigenvalue weighted by Crippen LogP contribution is -2.09. The molecular formula is C22H23N. The van der Waals surface area contributed by atoms with Crippen molar-refractivity contribution in [3.05, 3.63) is 84.4 Å². The molecule has 0 unspecified atom stereocenters. The first-order valence-electron chi connectivity index (χ1n) is 8.45. The summed E-state index contributed by atoms with van der Waals surface area (Å²) in [6.45, 7) is 3.82. The van der Waals surface area contributed by atoms with Crippen LogP contribution in [-0.2, 0) is 0 Å². The van der Waals surface area contributed by atoms with Gasteiger partial charge in [0.2, 0.25) is 0 Å². The lowest BCUT2D eigenvalue weighted by atomic mass is 10.0. The summed E-state index contributed by atoms with van der Waals surface area (Å²) in [6, 6.07) is 27.2. The van der Waals surface area contributed by atoms with E-state index in [1.165, 1.54) is 11.1 Å². The summed E-state index contributed by atoms with van der Waals surface area (Å²) in [5.41, 5.74) is 5.75. The summed E-state index contributed by atoms with van der Waals surface area (Å²) in [7, 11) is 2.07. The Morgan fingerprint density at radius 1 is 0.696 bits per heavy atom. The molecule has 0 fully saturated rings. The molecule has 0 saturated heterocycles. The highest BCUT2D eigenvalue weighted by Crippen LogP contribution is 2.28. The van der Waals surface area contributed by atoms with Gasteiger partial charge in [-0.15, -0.1) is 0 Å². The maximum absolute atomic E-state index is 8.11. The third-order valence-electron chi connectivity index (χ3n) is 4.19. The second-order valence-corrected chi connectivity index (χ2v) is 6.02. The zero-order chi connectivity index (χ0) is 17.2. The Labute approximate surface area is 140 Å². The molecular weight excluding hydrogens is 278 g/mol. The predicted octanol–water partition coefficient (Wildman–Crippen LogP) is 6.24. The van der Waals surface area contributed by atoms with E-state index in [0.717, 1.165) is 16.9 Å². The summed E-state index contributed by atoms with van der Waals surface area (Å²) in [5, 5.41) is 0. The number of hydrogen-bond donors (Lipinski definition) is 0. The van der Waals surface area contributed by atoms with E-state index in [0.29, 0.717) is 0 Å². The van der Waals surface area contributed by atoms with Crippen molar-refractivity contribution >= 4 is 11.4 Å². The van der Waals surface area contributed by atoms with E-state index in [1.807, 2.05) is 32.0 Å². The molecule has 0 aliphatic heterocycles. The van der Waals surface area contributed by atoms with Crippen molar-refractivity contribution in [3.8, 4) is 11.1 Å². The van der Waals surface area contributed by atoms with Gasteiger partial charge in [0.1, 0.15) is 0 Å². The second kappa shape index (κ2) is 6.70. The summed E-state index contributed by atoms with van der Waals surface area (Å²) >= 11 is 0. The molecule has 0 aliphatic carbocycles. The Kier molecular flexibility index (Phi) is 4.10. The van der Waals surface area contributed by atoms with Crippen molar-refractivity contribution < 1.29 is 1.37 Å². The maximum Gasteiger partial charge on any atom is 0.0408 e. The Hall–Kier alpha value is -2.54. The summed E-state index contributed by atoms with van der Waals surface area (Å²) in [6.07, 6.45) is 0. The standard InChI is InChI=1S/C22H23N/c1-17(2)18-9-13-21(14-10-18)23(3)22-15-11-20(12-16-22)19-7-5-4-6-8-19/h4-17H,1-3H3/i17D. The zero-order valence-electron chi connectivity index (χ0n) is 15.0. The molecule has 0 aliphatic rings. The van der Waals surface area contributed by atoms with Gasteiger partial charge in [0, 0.05) is 19.8 Å². The highest BCUT2D eigenvalue weighted by atomic mass is 15.1. The van der Waals surface area contributed by atoms with Gasteiger partial charge >= 0.3 is 0 Å². The van der Waals surface area contributed by atoms with Gasteiger partial charge < -0.3 is 4.90 Å². The van der Waals surface area contributed by atoms with Crippen molar-refractivity contribution in [2.24, 2.45) is 0 Å². The summed E-state index contributed by atoms with van der Waals surface area (Å²) in [4.78, 5) is 2.16. The minimum Gasteiger partial charge on any atom is -0.345 e. The molecule has 1 nitrogen and oxygen atoms in total. The second-order valence-electron chi connectivity index (χ2n) is 6.02. The molecule has 0 amide bonds. The van der Waals surface area contributed by atoms with Gasteiger partial charge in [0.25, 0.3) is 0 Å². The number of benzene rings is 3. The lowest BCUT2D eigenvalue weighted by molar-refractivity contribution is 0.866. The quantitative estimate of drug-likeness (QED) is 0.551. The molecule has 3 aromatic carbocycles. The Bertz CT molecular complexity index is 784. The number of anilines is 2. The van der Waals surface area contributed by atoms with E-state index in [1.54, 1.807) is 0 Å². The van der Waals surface area contributed by atoms with Gasteiger partial charge in [-0.3, -0.25) is 0 Å². The molecule has 0 spiro atoms. The number of hydrogen-bond acceptors (Lipinski definition) is 1. The van der Waals surface area contributed by atoms with Crippen molar-refractivity contribution in [2.45, 2.75) is 19.7 Å². The third kappa shape index (κ3) is 3.45. The van der Waals surface area contributed by atoms with Crippen LogP contribution in [0.3, 0.4) is 0 Å². The van der Waals surface area contributed by atoms with Crippen LogP contribution in [0.2, 0.25) is 0 Å². The van der Waals surface area contributed by atoms with E-state index >= 15 is 0 Å². The topological polar surface area (TPSA) is 3.24 Å². The maximum atomic E-state index is 8.11. The van der Waals surface area contributed by atoms with E-state index in [9.17, 15) is 0 Å². The molecule has 0 saturated carbocycles. The van der Waals surface area contributed by atoms with E-state index in [2.05, 4.69) is 72.6 Å². The fourth-order valence-corrected chi connectivity index (χ4v) is 2.68. The lowest BCUT2D eigenvalue weighted by Gasteiger charge is -2.20. The third-order valence-corrected chi connectivity index (χ3v) is 4.19. The molecule has 0 bridgehead atoms.